The first-order valence-electron chi connectivity index (χ1n) is 7.30. The summed E-state index contributed by atoms with van der Waals surface area (Å²) in [6.07, 6.45) is 3.97. The fourth-order valence-corrected chi connectivity index (χ4v) is 3.03. The van der Waals surface area contributed by atoms with E-state index in [1.165, 1.54) is 4.88 Å². The van der Waals surface area contributed by atoms with Crippen molar-refractivity contribution in [2.45, 2.75) is 52.5 Å². The van der Waals surface area contributed by atoms with Gasteiger partial charge in [-0.25, -0.2) is 4.98 Å². The average Bonchev–Trinajstić information content (AvgIpc) is 3.00. The summed E-state index contributed by atoms with van der Waals surface area (Å²) in [4.78, 5) is 5.94. The van der Waals surface area contributed by atoms with Gasteiger partial charge in [0.05, 0.1) is 17.4 Å². The molecule has 0 aliphatic rings. The number of aryl methyl sites for hydroxylation is 2. The van der Waals surface area contributed by atoms with E-state index in [0.717, 1.165) is 37.1 Å². The summed E-state index contributed by atoms with van der Waals surface area (Å²) in [6, 6.07) is 4.52. The van der Waals surface area contributed by atoms with Crippen LogP contribution in [0.5, 0.6) is 0 Å². The lowest BCUT2D eigenvalue weighted by Gasteiger charge is -2.17. The highest BCUT2D eigenvalue weighted by Crippen LogP contribution is 2.26. The summed E-state index contributed by atoms with van der Waals surface area (Å²) in [5, 5.41) is 14.1. The third-order valence-corrected chi connectivity index (χ3v) is 4.26. The molecule has 108 valence electrons. The van der Waals surface area contributed by atoms with E-state index in [1.807, 2.05) is 0 Å². The number of nitrogens with one attached hydrogen (secondary N) is 1. The molecule has 20 heavy (non-hydrogen) atoms. The summed E-state index contributed by atoms with van der Waals surface area (Å²) >= 11 is 1.77. The summed E-state index contributed by atoms with van der Waals surface area (Å²) in [5.74, 6) is 0.644. The monoisotopic (exact) mass is 290 g/mol. The molecule has 0 fully saturated rings. The Hall–Kier alpha value is -1.49. The topological polar surface area (TPSA) is 50.7 Å². The zero-order chi connectivity index (χ0) is 14.4. The first-order chi connectivity index (χ1) is 9.78. The van der Waals surface area contributed by atoms with Crippen LogP contribution in [-0.2, 0) is 12.8 Å². The highest BCUT2D eigenvalue weighted by Gasteiger charge is 2.14. The molecule has 0 amide bonds. The van der Waals surface area contributed by atoms with Crippen LogP contribution in [0.15, 0.2) is 17.5 Å². The van der Waals surface area contributed by atoms with Crippen molar-refractivity contribution in [1.29, 1.82) is 0 Å². The average molecular weight is 290 g/mol. The van der Waals surface area contributed by atoms with Crippen molar-refractivity contribution in [3.63, 3.8) is 0 Å². The molecule has 0 aromatic carbocycles. The SMILES string of the molecule is CCCC(Nc1nnc(CC)c(CC)n1)c1cccs1. The van der Waals surface area contributed by atoms with Crippen LogP contribution in [0.4, 0.5) is 5.95 Å². The van der Waals surface area contributed by atoms with Gasteiger partial charge in [-0.15, -0.1) is 16.4 Å². The Morgan fingerprint density at radius 3 is 2.55 bits per heavy atom. The first kappa shape index (κ1) is 14.9. The number of aromatic nitrogens is 3. The van der Waals surface area contributed by atoms with Gasteiger partial charge in [0.2, 0.25) is 5.95 Å². The number of thiophene rings is 1. The van der Waals surface area contributed by atoms with Gasteiger partial charge < -0.3 is 5.32 Å². The van der Waals surface area contributed by atoms with Gasteiger partial charge in [-0.1, -0.05) is 33.3 Å². The van der Waals surface area contributed by atoms with Gasteiger partial charge in [-0.05, 0) is 30.7 Å². The molecule has 0 aliphatic heterocycles. The Morgan fingerprint density at radius 1 is 1.15 bits per heavy atom. The Kier molecular flexibility index (Phi) is 5.47. The molecule has 1 atom stereocenters. The molecule has 1 unspecified atom stereocenters. The van der Waals surface area contributed by atoms with Crippen molar-refractivity contribution in [3.05, 3.63) is 33.8 Å². The van der Waals surface area contributed by atoms with Crippen LogP contribution in [0.3, 0.4) is 0 Å². The van der Waals surface area contributed by atoms with Crippen molar-refractivity contribution in [3.8, 4) is 0 Å². The van der Waals surface area contributed by atoms with Gasteiger partial charge in [0.25, 0.3) is 0 Å². The largest absolute Gasteiger partial charge is 0.345 e. The normalized spacial score (nSPS) is 12.3. The number of nitrogens with zero attached hydrogens (tertiary/aromatic N) is 3. The minimum atomic E-state index is 0.277. The molecule has 2 rings (SSSR count). The number of hydrogen-bond acceptors (Lipinski definition) is 5. The number of rotatable bonds is 7. The van der Waals surface area contributed by atoms with Gasteiger partial charge in [0, 0.05) is 4.88 Å². The highest BCUT2D eigenvalue weighted by atomic mass is 32.1. The van der Waals surface area contributed by atoms with E-state index in [-0.39, 0.29) is 6.04 Å². The molecule has 0 spiro atoms. The standard InChI is InChI=1S/C15H22N4S/c1-4-8-13(14-9-7-10-20-14)17-15-16-11(5-2)12(6-3)18-19-15/h7,9-10,13H,4-6,8H2,1-3H3,(H,16,17,19). The Morgan fingerprint density at radius 2 is 1.95 bits per heavy atom. The van der Waals surface area contributed by atoms with Crippen LogP contribution in [0.25, 0.3) is 0 Å². The quantitative estimate of drug-likeness (QED) is 0.837. The second-order valence-corrected chi connectivity index (χ2v) is 5.72. The molecule has 0 radical (unpaired) electrons. The van der Waals surface area contributed by atoms with Crippen molar-refractivity contribution < 1.29 is 0 Å². The molecule has 0 saturated heterocycles. The fraction of sp³-hybridized carbons (Fsp3) is 0.533. The third kappa shape index (κ3) is 3.54. The molecule has 0 bridgehead atoms. The van der Waals surface area contributed by atoms with Gasteiger partial charge in [-0.3, -0.25) is 0 Å². The summed E-state index contributed by atoms with van der Waals surface area (Å²) < 4.78 is 0. The van der Waals surface area contributed by atoms with Crippen LogP contribution in [-0.4, -0.2) is 15.2 Å². The van der Waals surface area contributed by atoms with E-state index >= 15 is 0 Å². The predicted molar refractivity (Wildman–Crippen MR) is 84.2 cm³/mol. The van der Waals surface area contributed by atoms with Crippen LogP contribution in [0, 0.1) is 0 Å². The van der Waals surface area contributed by atoms with Crippen LogP contribution >= 0.6 is 11.3 Å². The number of anilines is 1. The van der Waals surface area contributed by atoms with Gasteiger partial charge in [0.1, 0.15) is 0 Å². The van der Waals surface area contributed by atoms with E-state index in [9.17, 15) is 0 Å². The predicted octanol–water partition coefficient (Wildman–Crippen LogP) is 4.01. The second-order valence-electron chi connectivity index (χ2n) is 4.74. The third-order valence-electron chi connectivity index (χ3n) is 3.28. The van der Waals surface area contributed by atoms with E-state index in [4.69, 9.17) is 0 Å². The molecule has 4 nitrogen and oxygen atoms in total. The van der Waals surface area contributed by atoms with Crippen molar-refractivity contribution in [1.82, 2.24) is 15.2 Å². The molecule has 0 aliphatic carbocycles. The molecule has 5 heteroatoms. The molecule has 0 saturated carbocycles. The lowest BCUT2D eigenvalue weighted by molar-refractivity contribution is 0.673. The van der Waals surface area contributed by atoms with Crippen LogP contribution in [0.1, 0.15) is 55.9 Å². The highest BCUT2D eigenvalue weighted by molar-refractivity contribution is 7.10. The fourth-order valence-electron chi connectivity index (χ4n) is 2.22. The number of hydrogen-bond donors (Lipinski definition) is 1. The molecule has 2 aromatic heterocycles. The second kappa shape index (κ2) is 7.33. The Labute approximate surface area is 124 Å². The Balaban J connectivity index is 2.18. The van der Waals surface area contributed by atoms with E-state index < -0.39 is 0 Å². The van der Waals surface area contributed by atoms with Gasteiger partial charge in [0.15, 0.2) is 0 Å². The zero-order valence-electron chi connectivity index (χ0n) is 12.4. The van der Waals surface area contributed by atoms with Crippen LogP contribution in [0.2, 0.25) is 0 Å². The molecular weight excluding hydrogens is 268 g/mol. The lowest BCUT2D eigenvalue weighted by atomic mass is 10.1. The van der Waals surface area contributed by atoms with Crippen molar-refractivity contribution in [2.75, 3.05) is 5.32 Å². The minimum Gasteiger partial charge on any atom is -0.345 e. The maximum Gasteiger partial charge on any atom is 0.243 e. The summed E-state index contributed by atoms with van der Waals surface area (Å²) in [6.45, 7) is 6.39. The van der Waals surface area contributed by atoms with Crippen LogP contribution < -0.4 is 5.32 Å². The lowest BCUT2D eigenvalue weighted by Crippen LogP contribution is -2.14. The minimum absolute atomic E-state index is 0.277. The maximum atomic E-state index is 4.61. The smallest absolute Gasteiger partial charge is 0.243 e. The molecular formula is C15H22N4S. The maximum absolute atomic E-state index is 4.61. The van der Waals surface area contributed by atoms with Gasteiger partial charge in [-0.2, -0.15) is 5.10 Å². The van der Waals surface area contributed by atoms with E-state index in [1.54, 1.807) is 11.3 Å². The van der Waals surface area contributed by atoms with E-state index in [2.05, 4.69) is 58.8 Å². The van der Waals surface area contributed by atoms with Crippen molar-refractivity contribution >= 4 is 17.3 Å². The molecule has 2 aromatic rings. The first-order valence-corrected chi connectivity index (χ1v) is 8.18. The molecule has 1 N–H and O–H groups in total. The van der Waals surface area contributed by atoms with Crippen molar-refractivity contribution in [2.24, 2.45) is 0 Å². The molecule has 2 heterocycles. The zero-order valence-corrected chi connectivity index (χ0v) is 13.2. The Bertz CT molecular complexity index is 525. The summed E-state index contributed by atoms with van der Waals surface area (Å²) in [7, 11) is 0. The van der Waals surface area contributed by atoms with Gasteiger partial charge >= 0.3 is 0 Å². The van der Waals surface area contributed by atoms with E-state index in [0.29, 0.717) is 5.95 Å². The summed E-state index contributed by atoms with van der Waals surface area (Å²) in [5.41, 5.74) is 2.05.